The number of nitriles is 1. The van der Waals surface area contributed by atoms with E-state index < -0.39 is 46.2 Å². The van der Waals surface area contributed by atoms with Gasteiger partial charge in [0.1, 0.15) is 41.0 Å². The highest BCUT2D eigenvalue weighted by Crippen LogP contribution is 2.48. The van der Waals surface area contributed by atoms with E-state index in [0.717, 1.165) is 24.6 Å². The summed E-state index contributed by atoms with van der Waals surface area (Å²) in [7, 11) is 1.60. The van der Waals surface area contributed by atoms with Crippen molar-refractivity contribution in [3.63, 3.8) is 0 Å². The van der Waals surface area contributed by atoms with E-state index in [-0.39, 0.29) is 81.5 Å². The van der Waals surface area contributed by atoms with Crippen molar-refractivity contribution in [3.8, 4) is 23.2 Å². The SMILES string of the molecule is CC(=O)N1CCC(N(C)c2nc(OCC34CCCN3CC(F)C4)nc3c(F)c(-c4ccc(F)c5sc(N)c(C#N)c45)c(C(F)(F)F)cc23)C1. The van der Waals surface area contributed by atoms with Crippen LogP contribution in [-0.2, 0) is 11.0 Å². The van der Waals surface area contributed by atoms with Crippen LogP contribution in [-0.4, -0.2) is 83.3 Å². The van der Waals surface area contributed by atoms with Gasteiger partial charge >= 0.3 is 12.2 Å². The molecule has 3 saturated heterocycles. The summed E-state index contributed by atoms with van der Waals surface area (Å²) in [6.45, 7) is 3.02. The summed E-state index contributed by atoms with van der Waals surface area (Å²) in [4.78, 5) is 26.1. The lowest BCUT2D eigenvalue weighted by Crippen LogP contribution is -2.43. The standard InChI is InChI=1S/C33H31F6N7O2S/c1-16(47)45-9-6-18(14-45)44(2)30-20-10-22(33(37,38)39)25(19-4-5-23(35)28-24(19)21(12-40)29(41)49-28)26(36)27(20)42-31(43-30)48-15-32-7-3-8-46(32)13-17(34)11-32/h4-5,10,17-18H,3,6-9,11,13-15,41H2,1-2H3. The Morgan fingerprint density at radius 1 is 1.24 bits per heavy atom. The van der Waals surface area contributed by atoms with Crippen LogP contribution >= 0.6 is 11.3 Å². The second-order valence-electron chi connectivity index (χ2n) is 13.0. The lowest BCUT2D eigenvalue weighted by atomic mass is 9.92. The Morgan fingerprint density at radius 3 is 2.71 bits per heavy atom. The van der Waals surface area contributed by atoms with Crippen LogP contribution in [0.2, 0.25) is 0 Å². The van der Waals surface area contributed by atoms with Gasteiger partial charge in [0.25, 0.3) is 0 Å². The molecule has 3 unspecified atom stereocenters. The van der Waals surface area contributed by atoms with Crippen molar-refractivity contribution in [2.75, 3.05) is 50.5 Å². The zero-order chi connectivity index (χ0) is 35.0. The molecule has 49 heavy (non-hydrogen) atoms. The molecule has 0 aliphatic carbocycles. The molecule has 1 amide bonds. The normalized spacial score (nSPS) is 22.6. The van der Waals surface area contributed by atoms with Crippen LogP contribution in [0.4, 0.5) is 37.2 Å². The summed E-state index contributed by atoms with van der Waals surface area (Å²) >= 11 is 0.678. The summed E-state index contributed by atoms with van der Waals surface area (Å²) in [5, 5.41) is 9.17. The number of nitrogens with two attached hydrogens (primary N) is 1. The molecule has 2 N–H and O–H groups in total. The molecular weight excluding hydrogens is 672 g/mol. The Balaban J connectivity index is 1.44. The van der Waals surface area contributed by atoms with E-state index in [1.54, 1.807) is 16.8 Å². The highest BCUT2D eigenvalue weighted by atomic mass is 32.1. The van der Waals surface area contributed by atoms with Gasteiger partial charge in [-0.05, 0) is 43.5 Å². The number of carbonyl (C=O) groups excluding carboxylic acids is 1. The summed E-state index contributed by atoms with van der Waals surface area (Å²) in [5.41, 5.74) is 1.86. The fourth-order valence-corrected chi connectivity index (χ4v) is 8.63. The third-order valence-electron chi connectivity index (χ3n) is 10.1. The first-order valence-corrected chi connectivity index (χ1v) is 16.6. The van der Waals surface area contributed by atoms with Gasteiger partial charge in [0.05, 0.1) is 21.4 Å². The molecule has 4 aromatic rings. The number of carbonyl (C=O) groups is 1. The first-order valence-electron chi connectivity index (χ1n) is 15.7. The Morgan fingerprint density at radius 2 is 2.02 bits per heavy atom. The van der Waals surface area contributed by atoms with Gasteiger partial charge in [-0.3, -0.25) is 9.69 Å². The van der Waals surface area contributed by atoms with E-state index in [4.69, 9.17) is 10.5 Å². The second-order valence-corrected chi connectivity index (χ2v) is 14.0. The molecule has 16 heteroatoms. The molecule has 3 atom stereocenters. The lowest BCUT2D eigenvalue weighted by Gasteiger charge is -2.31. The first-order chi connectivity index (χ1) is 23.2. The van der Waals surface area contributed by atoms with Gasteiger partial charge in [-0.2, -0.15) is 28.4 Å². The molecule has 258 valence electrons. The molecule has 0 saturated carbocycles. The Hall–Kier alpha value is -4.36. The van der Waals surface area contributed by atoms with Crippen LogP contribution in [0.3, 0.4) is 0 Å². The predicted molar refractivity (Wildman–Crippen MR) is 172 cm³/mol. The van der Waals surface area contributed by atoms with Gasteiger partial charge in [0, 0.05) is 62.4 Å². The first kappa shape index (κ1) is 33.2. The van der Waals surface area contributed by atoms with Crippen LogP contribution in [0.1, 0.15) is 43.7 Å². The number of nitrogen functional groups attached to an aromatic ring is 1. The largest absolute Gasteiger partial charge is 0.461 e. The zero-order valence-electron chi connectivity index (χ0n) is 26.5. The smallest absolute Gasteiger partial charge is 0.417 e. The zero-order valence-corrected chi connectivity index (χ0v) is 27.3. The number of fused-ring (bicyclic) bond motifs is 3. The van der Waals surface area contributed by atoms with Gasteiger partial charge in [-0.25, -0.2) is 13.2 Å². The number of anilines is 2. The van der Waals surface area contributed by atoms with E-state index >= 15 is 4.39 Å². The van der Waals surface area contributed by atoms with Crippen molar-refractivity contribution < 1.29 is 35.9 Å². The number of hydrogen-bond donors (Lipinski definition) is 1. The van der Waals surface area contributed by atoms with Crippen LogP contribution in [0.25, 0.3) is 32.1 Å². The van der Waals surface area contributed by atoms with Gasteiger partial charge in [0.15, 0.2) is 5.82 Å². The van der Waals surface area contributed by atoms with Crippen molar-refractivity contribution in [3.05, 3.63) is 41.0 Å². The van der Waals surface area contributed by atoms with Gasteiger partial charge in [-0.15, -0.1) is 11.3 Å². The fraction of sp³-hybridized carbons (Fsp3) is 0.455. The maximum atomic E-state index is 17.0. The molecule has 0 radical (unpaired) electrons. The molecule has 3 aliphatic heterocycles. The number of hydrogen-bond acceptors (Lipinski definition) is 9. The number of ether oxygens (including phenoxy) is 1. The second kappa shape index (κ2) is 11.9. The summed E-state index contributed by atoms with van der Waals surface area (Å²) in [6.07, 6.45) is -3.96. The third kappa shape index (κ3) is 5.47. The van der Waals surface area contributed by atoms with E-state index in [1.165, 1.54) is 6.92 Å². The molecule has 2 aromatic carbocycles. The number of benzene rings is 2. The van der Waals surface area contributed by atoms with Gasteiger partial charge < -0.3 is 20.3 Å². The van der Waals surface area contributed by atoms with E-state index in [1.807, 2.05) is 11.0 Å². The van der Waals surface area contributed by atoms with Crippen LogP contribution in [0.5, 0.6) is 6.01 Å². The Kier molecular flexibility index (Phi) is 8.05. The minimum absolute atomic E-state index is 0.0168. The maximum absolute atomic E-state index is 17.0. The fourth-order valence-electron chi connectivity index (χ4n) is 7.68. The van der Waals surface area contributed by atoms with Crippen molar-refractivity contribution in [2.24, 2.45) is 0 Å². The van der Waals surface area contributed by atoms with Crippen molar-refractivity contribution in [1.29, 1.82) is 5.26 Å². The highest BCUT2D eigenvalue weighted by molar-refractivity contribution is 7.23. The topological polar surface area (TPSA) is 112 Å². The number of likely N-dealkylation sites (N-methyl/N-ethyl adjacent to an activating group) is 1. The Bertz CT molecular complexity index is 2050. The van der Waals surface area contributed by atoms with Crippen LogP contribution < -0.4 is 15.4 Å². The maximum Gasteiger partial charge on any atom is 0.417 e. The average Bonchev–Trinajstić information content (AvgIpc) is 3.82. The van der Waals surface area contributed by atoms with Crippen molar-refractivity contribution >= 4 is 49.1 Å². The van der Waals surface area contributed by atoms with Crippen LogP contribution in [0.15, 0.2) is 18.2 Å². The molecule has 0 spiro atoms. The molecular formula is C33H31F6N7O2S. The molecule has 9 nitrogen and oxygen atoms in total. The molecule has 3 fully saturated rings. The van der Waals surface area contributed by atoms with Crippen molar-refractivity contribution in [1.82, 2.24) is 19.8 Å². The summed E-state index contributed by atoms with van der Waals surface area (Å²) in [5.74, 6) is -2.42. The molecule has 5 heterocycles. The number of rotatable bonds is 6. The quantitative estimate of drug-likeness (QED) is 0.234. The molecule has 7 rings (SSSR count). The van der Waals surface area contributed by atoms with Crippen LogP contribution in [0, 0.1) is 23.0 Å². The molecule has 2 aromatic heterocycles. The number of amides is 1. The van der Waals surface area contributed by atoms with E-state index in [0.29, 0.717) is 37.3 Å². The number of thiophene rings is 1. The molecule has 0 bridgehead atoms. The van der Waals surface area contributed by atoms with E-state index in [2.05, 4.69) is 9.97 Å². The lowest BCUT2D eigenvalue weighted by molar-refractivity contribution is -0.137. The minimum atomic E-state index is -5.11. The number of aromatic nitrogens is 2. The minimum Gasteiger partial charge on any atom is -0.461 e. The summed E-state index contributed by atoms with van der Waals surface area (Å²) < 4.78 is 97.0. The highest BCUT2D eigenvalue weighted by Gasteiger charge is 2.49. The summed E-state index contributed by atoms with van der Waals surface area (Å²) in [6, 6.07) is 3.77. The van der Waals surface area contributed by atoms with E-state index in [9.17, 15) is 32.0 Å². The predicted octanol–water partition coefficient (Wildman–Crippen LogP) is 6.27. The van der Waals surface area contributed by atoms with Gasteiger partial charge in [-0.1, -0.05) is 6.07 Å². The van der Waals surface area contributed by atoms with Gasteiger partial charge in [0.2, 0.25) is 5.91 Å². The number of halogens is 6. The van der Waals surface area contributed by atoms with Crippen molar-refractivity contribution in [2.45, 2.75) is 56.5 Å². The number of likely N-dealkylation sites (tertiary alicyclic amines) is 1. The number of alkyl halides is 4. The molecule has 3 aliphatic rings. The third-order valence-corrected chi connectivity index (χ3v) is 11.1. The monoisotopic (exact) mass is 703 g/mol. The average molecular weight is 704 g/mol. The Labute approximate surface area is 280 Å². The number of nitrogens with zero attached hydrogens (tertiary/aromatic N) is 6.